The SMILES string of the molecule is CCN1CC2(CCC1=O)CCN(C(=O)c1[nH]c3ccccc3c1Cl)CC2. The number of amides is 2. The van der Waals surface area contributed by atoms with Gasteiger partial charge >= 0.3 is 0 Å². The Labute approximate surface area is 158 Å². The van der Waals surface area contributed by atoms with E-state index >= 15 is 0 Å². The lowest BCUT2D eigenvalue weighted by atomic mass is 9.72. The van der Waals surface area contributed by atoms with Gasteiger partial charge in [-0.2, -0.15) is 0 Å². The van der Waals surface area contributed by atoms with Crippen LogP contribution in [0, 0.1) is 5.41 Å². The molecule has 2 saturated heterocycles. The molecule has 2 aliphatic heterocycles. The number of benzene rings is 1. The van der Waals surface area contributed by atoms with E-state index in [2.05, 4.69) is 4.98 Å². The zero-order chi connectivity index (χ0) is 18.3. The van der Waals surface area contributed by atoms with E-state index in [0.29, 0.717) is 17.1 Å². The first kappa shape index (κ1) is 17.4. The molecule has 0 saturated carbocycles. The third-order valence-electron chi connectivity index (χ3n) is 6.10. The summed E-state index contributed by atoms with van der Waals surface area (Å²) in [6, 6.07) is 7.71. The molecule has 1 N–H and O–H groups in total. The van der Waals surface area contributed by atoms with Crippen molar-refractivity contribution < 1.29 is 9.59 Å². The van der Waals surface area contributed by atoms with Crippen molar-refractivity contribution in [1.29, 1.82) is 0 Å². The molecule has 3 heterocycles. The average molecular weight is 374 g/mol. The van der Waals surface area contributed by atoms with Crippen LogP contribution in [0.3, 0.4) is 0 Å². The van der Waals surface area contributed by atoms with Gasteiger partial charge in [0.2, 0.25) is 5.91 Å². The van der Waals surface area contributed by atoms with Crippen LogP contribution < -0.4 is 0 Å². The Bertz CT molecular complexity index is 852. The minimum Gasteiger partial charge on any atom is -0.349 e. The first-order valence-corrected chi connectivity index (χ1v) is 9.74. The van der Waals surface area contributed by atoms with Crippen molar-refractivity contribution in [3.05, 3.63) is 35.0 Å². The number of halogens is 1. The molecular formula is C20H24ClN3O2. The van der Waals surface area contributed by atoms with Crippen LogP contribution in [0.4, 0.5) is 0 Å². The van der Waals surface area contributed by atoms with Crippen LogP contribution in [0.25, 0.3) is 10.9 Å². The number of nitrogens with one attached hydrogen (secondary N) is 1. The number of rotatable bonds is 2. The van der Waals surface area contributed by atoms with E-state index in [4.69, 9.17) is 11.6 Å². The van der Waals surface area contributed by atoms with E-state index in [1.807, 2.05) is 41.0 Å². The van der Waals surface area contributed by atoms with Gasteiger partial charge in [-0.25, -0.2) is 0 Å². The van der Waals surface area contributed by atoms with Crippen molar-refractivity contribution in [2.75, 3.05) is 26.2 Å². The maximum Gasteiger partial charge on any atom is 0.271 e. The summed E-state index contributed by atoms with van der Waals surface area (Å²) in [7, 11) is 0. The Morgan fingerprint density at radius 1 is 1.23 bits per heavy atom. The molecule has 2 aromatic rings. The fourth-order valence-electron chi connectivity index (χ4n) is 4.40. The Morgan fingerprint density at radius 3 is 2.65 bits per heavy atom. The molecule has 2 fully saturated rings. The van der Waals surface area contributed by atoms with E-state index in [-0.39, 0.29) is 17.2 Å². The molecule has 0 unspecified atom stereocenters. The number of likely N-dealkylation sites (tertiary alicyclic amines) is 2. The second-order valence-corrected chi connectivity index (χ2v) is 7.94. The minimum atomic E-state index is -0.0275. The molecule has 2 aliphatic rings. The highest BCUT2D eigenvalue weighted by atomic mass is 35.5. The predicted molar refractivity (Wildman–Crippen MR) is 102 cm³/mol. The average Bonchev–Trinajstić information content (AvgIpc) is 3.01. The fourth-order valence-corrected chi connectivity index (χ4v) is 4.69. The topological polar surface area (TPSA) is 56.4 Å². The molecule has 2 amide bonds. The number of aromatic amines is 1. The highest BCUT2D eigenvalue weighted by Crippen LogP contribution is 2.40. The maximum absolute atomic E-state index is 13.0. The van der Waals surface area contributed by atoms with E-state index in [9.17, 15) is 9.59 Å². The number of para-hydroxylation sites is 1. The van der Waals surface area contributed by atoms with Crippen LogP contribution in [-0.2, 0) is 4.79 Å². The van der Waals surface area contributed by atoms with E-state index in [1.165, 1.54) is 0 Å². The highest BCUT2D eigenvalue weighted by Gasteiger charge is 2.41. The largest absolute Gasteiger partial charge is 0.349 e. The number of aromatic nitrogens is 1. The summed E-state index contributed by atoms with van der Waals surface area (Å²) >= 11 is 6.44. The van der Waals surface area contributed by atoms with Gasteiger partial charge in [0.15, 0.2) is 0 Å². The summed E-state index contributed by atoms with van der Waals surface area (Å²) in [6.07, 6.45) is 3.47. The quantitative estimate of drug-likeness (QED) is 0.872. The van der Waals surface area contributed by atoms with E-state index < -0.39 is 0 Å². The van der Waals surface area contributed by atoms with Crippen LogP contribution in [0.2, 0.25) is 5.02 Å². The zero-order valence-corrected chi connectivity index (χ0v) is 15.8. The number of hydrogen-bond acceptors (Lipinski definition) is 2. The molecule has 1 aromatic heterocycles. The van der Waals surface area contributed by atoms with Crippen molar-refractivity contribution in [2.24, 2.45) is 5.41 Å². The molecule has 0 radical (unpaired) electrons. The number of carbonyl (C=O) groups is 2. The lowest BCUT2D eigenvalue weighted by Crippen LogP contribution is -2.52. The van der Waals surface area contributed by atoms with Gasteiger partial charge in [-0.15, -0.1) is 0 Å². The smallest absolute Gasteiger partial charge is 0.271 e. The van der Waals surface area contributed by atoms with Gasteiger partial charge in [-0.05, 0) is 37.7 Å². The lowest BCUT2D eigenvalue weighted by Gasteiger charge is -2.47. The normalized spacial score (nSPS) is 20.2. The summed E-state index contributed by atoms with van der Waals surface area (Å²) in [5, 5.41) is 1.39. The fraction of sp³-hybridized carbons (Fsp3) is 0.500. The van der Waals surface area contributed by atoms with Crippen LogP contribution in [0.15, 0.2) is 24.3 Å². The monoisotopic (exact) mass is 373 g/mol. The lowest BCUT2D eigenvalue weighted by molar-refractivity contribution is -0.138. The van der Waals surface area contributed by atoms with Crippen molar-refractivity contribution in [3.63, 3.8) is 0 Å². The standard InChI is InChI=1S/C20H24ClN3O2/c1-2-23-13-20(8-7-16(23)25)9-11-24(12-10-20)19(26)18-17(21)14-5-3-4-6-15(14)22-18/h3-6,22H,2,7-13H2,1H3. The van der Waals surface area contributed by atoms with E-state index in [0.717, 1.165) is 56.3 Å². The molecular weight excluding hydrogens is 350 g/mol. The Kier molecular flexibility index (Phi) is 4.43. The number of nitrogens with zero attached hydrogens (tertiary/aromatic N) is 2. The molecule has 1 spiro atoms. The second kappa shape index (κ2) is 6.62. The van der Waals surface area contributed by atoms with Gasteiger partial charge in [-0.1, -0.05) is 29.8 Å². The van der Waals surface area contributed by atoms with Gasteiger partial charge in [-0.3, -0.25) is 9.59 Å². The van der Waals surface area contributed by atoms with Crippen molar-refractivity contribution in [1.82, 2.24) is 14.8 Å². The van der Waals surface area contributed by atoms with Crippen LogP contribution in [0.1, 0.15) is 43.1 Å². The molecule has 1 aromatic carbocycles. The third-order valence-corrected chi connectivity index (χ3v) is 6.49. The molecule has 0 bridgehead atoms. The van der Waals surface area contributed by atoms with Gasteiger partial charge in [0.1, 0.15) is 5.69 Å². The van der Waals surface area contributed by atoms with Gasteiger partial charge < -0.3 is 14.8 Å². The van der Waals surface area contributed by atoms with E-state index in [1.54, 1.807) is 0 Å². The molecule has 138 valence electrons. The molecule has 5 nitrogen and oxygen atoms in total. The number of carbonyl (C=O) groups excluding carboxylic acids is 2. The van der Waals surface area contributed by atoms with Crippen LogP contribution in [0.5, 0.6) is 0 Å². The molecule has 26 heavy (non-hydrogen) atoms. The number of H-pyrrole nitrogens is 1. The van der Waals surface area contributed by atoms with Crippen molar-refractivity contribution in [2.45, 2.75) is 32.6 Å². The molecule has 6 heteroatoms. The highest BCUT2D eigenvalue weighted by molar-refractivity contribution is 6.38. The third kappa shape index (κ3) is 2.88. The minimum absolute atomic E-state index is 0.0275. The second-order valence-electron chi connectivity index (χ2n) is 7.56. The van der Waals surface area contributed by atoms with Crippen LogP contribution in [-0.4, -0.2) is 52.8 Å². The predicted octanol–water partition coefficient (Wildman–Crippen LogP) is 3.69. The summed E-state index contributed by atoms with van der Waals surface area (Å²) < 4.78 is 0. The summed E-state index contributed by atoms with van der Waals surface area (Å²) in [6.45, 7) is 5.07. The van der Waals surface area contributed by atoms with Crippen molar-refractivity contribution >= 4 is 34.3 Å². The molecule has 0 atom stereocenters. The van der Waals surface area contributed by atoms with Crippen LogP contribution >= 0.6 is 11.6 Å². The zero-order valence-electron chi connectivity index (χ0n) is 15.1. The van der Waals surface area contributed by atoms with Gasteiger partial charge in [0, 0.05) is 43.5 Å². The first-order chi connectivity index (χ1) is 12.5. The number of piperidine rings is 2. The van der Waals surface area contributed by atoms with Gasteiger partial charge in [0.05, 0.1) is 5.02 Å². The van der Waals surface area contributed by atoms with Crippen molar-refractivity contribution in [3.8, 4) is 0 Å². The Balaban J connectivity index is 1.48. The molecule has 4 rings (SSSR count). The molecule has 0 aliphatic carbocycles. The Hall–Kier alpha value is -2.01. The summed E-state index contributed by atoms with van der Waals surface area (Å²) in [5.41, 5.74) is 1.54. The van der Waals surface area contributed by atoms with Gasteiger partial charge in [0.25, 0.3) is 5.91 Å². The Morgan fingerprint density at radius 2 is 1.96 bits per heavy atom. The number of fused-ring (bicyclic) bond motifs is 1. The number of hydrogen-bond donors (Lipinski definition) is 1. The summed E-state index contributed by atoms with van der Waals surface area (Å²) in [4.78, 5) is 32.0. The maximum atomic E-state index is 13.0. The first-order valence-electron chi connectivity index (χ1n) is 9.36. The summed E-state index contributed by atoms with van der Waals surface area (Å²) in [5.74, 6) is 0.238.